The van der Waals surface area contributed by atoms with Gasteiger partial charge >= 0.3 is 5.97 Å². The first-order chi connectivity index (χ1) is 18.4. The van der Waals surface area contributed by atoms with E-state index in [0.717, 1.165) is 28.2 Å². The number of allylic oxidation sites excluding steroid dienone is 1. The lowest BCUT2D eigenvalue weighted by molar-refractivity contribution is -0.113. The van der Waals surface area contributed by atoms with E-state index in [-0.39, 0.29) is 27.3 Å². The summed E-state index contributed by atoms with van der Waals surface area (Å²) in [7, 11) is 0. The fourth-order valence-corrected chi connectivity index (χ4v) is 5.73. The second kappa shape index (κ2) is 12.9. The zero-order valence-electron chi connectivity index (χ0n) is 22.9. The summed E-state index contributed by atoms with van der Waals surface area (Å²) in [6.07, 6.45) is 0.935. The second-order valence-corrected chi connectivity index (χ2v) is 11.2. The normalized spacial score (nSPS) is 11.8. The number of esters is 1. The standard InChI is InChI=1S/C27H33N5O5S2/c1-8-9-32-24(18(7)37-19-11-15(4)10-16(5)12-19)30-31-27(32)38-13-20(33)29-25-21(26(35)36-14(2)3)17(6)22(39-25)23(28)34/h8,10-12,14,18H,1,9,13H2,2-7H3,(H2,28,34)(H,29,33). The fraction of sp³-hybridized carbons (Fsp3) is 0.370. The van der Waals surface area contributed by atoms with Crippen LogP contribution in [-0.4, -0.2) is 44.4 Å². The number of anilines is 1. The van der Waals surface area contributed by atoms with Crippen molar-refractivity contribution in [2.24, 2.45) is 5.73 Å². The Labute approximate surface area is 236 Å². The van der Waals surface area contributed by atoms with E-state index in [2.05, 4.69) is 28.2 Å². The Bertz CT molecular complexity index is 1380. The first-order valence-electron chi connectivity index (χ1n) is 12.3. The van der Waals surface area contributed by atoms with E-state index in [4.69, 9.17) is 15.2 Å². The van der Waals surface area contributed by atoms with Gasteiger partial charge in [0.2, 0.25) is 5.91 Å². The quantitative estimate of drug-likeness (QED) is 0.176. The van der Waals surface area contributed by atoms with Crippen molar-refractivity contribution >= 4 is 45.9 Å². The molecule has 3 N–H and O–H groups in total. The first-order valence-corrected chi connectivity index (χ1v) is 14.1. The van der Waals surface area contributed by atoms with Crippen LogP contribution >= 0.6 is 23.1 Å². The molecule has 10 nitrogen and oxygen atoms in total. The molecule has 12 heteroatoms. The number of hydrogen-bond acceptors (Lipinski definition) is 9. The number of thiophene rings is 1. The van der Waals surface area contributed by atoms with Gasteiger partial charge in [-0.05, 0) is 70.4 Å². The van der Waals surface area contributed by atoms with Crippen molar-refractivity contribution < 1.29 is 23.9 Å². The third-order valence-corrected chi connectivity index (χ3v) is 7.62. The van der Waals surface area contributed by atoms with Crippen molar-refractivity contribution in [3.8, 4) is 5.75 Å². The van der Waals surface area contributed by atoms with Crippen molar-refractivity contribution in [3.05, 3.63) is 63.8 Å². The number of nitrogens with one attached hydrogen (secondary N) is 1. The Morgan fingerprint density at radius 3 is 2.41 bits per heavy atom. The monoisotopic (exact) mass is 571 g/mol. The lowest BCUT2D eigenvalue weighted by atomic mass is 10.1. The van der Waals surface area contributed by atoms with Gasteiger partial charge in [0.1, 0.15) is 10.8 Å². The topological polar surface area (TPSA) is 138 Å². The van der Waals surface area contributed by atoms with Crippen molar-refractivity contribution in [2.45, 2.75) is 65.5 Å². The highest BCUT2D eigenvalue weighted by Crippen LogP contribution is 2.34. The summed E-state index contributed by atoms with van der Waals surface area (Å²) in [5, 5.41) is 12.0. The van der Waals surface area contributed by atoms with Crippen LogP contribution in [0.3, 0.4) is 0 Å². The Morgan fingerprint density at radius 2 is 1.82 bits per heavy atom. The first kappa shape index (κ1) is 29.9. The number of rotatable bonds is 12. The molecule has 0 aliphatic rings. The van der Waals surface area contributed by atoms with Crippen molar-refractivity contribution in [1.29, 1.82) is 0 Å². The molecule has 0 fully saturated rings. The fourth-order valence-electron chi connectivity index (χ4n) is 3.91. The van der Waals surface area contributed by atoms with E-state index >= 15 is 0 Å². The van der Waals surface area contributed by atoms with E-state index < -0.39 is 23.9 Å². The maximum absolute atomic E-state index is 12.9. The van der Waals surface area contributed by atoms with Gasteiger partial charge in [-0.25, -0.2) is 4.79 Å². The predicted molar refractivity (Wildman–Crippen MR) is 153 cm³/mol. The molecule has 1 unspecified atom stereocenters. The molecule has 3 rings (SSSR count). The van der Waals surface area contributed by atoms with E-state index in [9.17, 15) is 14.4 Å². The Balaban J connectivity index is 1.76. The molecule has 1 atom stereocenters. The van der Waals surface area contributed by atoms with Gasteiger partial charge in [0.25, 0.3) is 5.91 Å². The van der Waals surface area contributed by atoms with Crippen LogP contribution in [0.5, 0.6) is 5.75 Å². The number of nitrogens with zero attached hydrogens (tertiary/aromatic N) is 3. The van der Waals surface area contributed by atoms with Gasteiger partial charge in [-0.1, -0.05) is 23.9 Å². The zero-order valence-corrected chi connectivity index (χ0v) is 24.5. The molecule has 208 valence electrons. The minimum absolute atomic E-state index is 0.0247. The summed E-state index contributed by atoms with van der Waals surface area (Å²) in [5.74, 6) is -0.422. The van der Waals surface area contributed by atoms with Crippen LogP contribution in [0.4, 0.5) is 5.00 Å². The summed E-state index contributed by atoms with van der Waals surface area (Å²) in [5.41, 5.74) is 8.14. The molecule has 0 bridgehead atoms. The average molecular weight is 572 g/mol. The maximum atomic E-state index is 12.9. The highest BCUT2D eigenvalue weighted by atomic mass is 32.2. The zero-order chi connectivity index (χ0) is 28.9. The summed E-state index contributed by atoms with van der Waals surface area (Å²) in [6.45, 7) is 15.2. The molecule has 2 amide bonds. The molecular weight excluding hydrogens is 538 g/mol. The van der Waals surface area contributed by atoms with Crippen LogP contribution in [0.1, 0.15) is 69.4 Å². The van der Waals surface area contributed by atoms with Gasteiger partial charge in [0.05, 0.1) is 22.3 Å². The molecule has 0 radical (unpaired) electrons. The van der Waals surface area contributed by atoms with Gasteiger partial charge in [0.15, 0.2) is 17.1 Å². The van der Waals surface area contributed by atoms with Crippen LogP contribution in [0.25, 0.3) is 0 Å². The summed E-state index contributed by atoms with van der Waals surface area (Å²) < 4.78 is 13.3. The number of primary amides is 1. The number of aryl methyl sites for hydroxylation is 2. The molecule has 0 saturated heterocycles. The molecule has 2 aromatic heterocycles. The molecule has 0 saturated carbocycles. The van der Waals surface area contributed by atoms with E-state index in [1.165, 1.54) is 11.8 Å². The number of aromatic nitrogens is 3. The van der Waals surface area contributed by atoms with E-state index in [1.807, 2.05) is 37.5 Å². The largest absolute Gasteiger partial charge is 0.483 e. The summed E-state index contributed by atoms with van der Waals surface area (Å²) in [4.78, 5) is 37.6. The number of hydrogen-bond donors (Lipinski definition) is 2. The molecular formula is C27H33N5O5S2. The smallest absolute Gasteiger partial charge is 0.341 e. The van der Waals surface area contributed by atoms with Gasteiger partial charge in [-0.3, -0.25) is 14.2 Å². The number of nitrogens with two attached hydrogens (primary N) is 1. The van der Waals surface area contributed by atoms with Gasteiger partial charge in [0, 0.05) is 6.54 Å². The van der Waals surface area contributed by atoms with Crippen LogP contribution < -0.4 is 15.8 Å². The Kier molecular flexibility index (Phi) is 9.92. The van der Waals surface area contributed by atoms with Crippen LogP contribution in [0.2, 0.25) is 0 Å². The number of thioether (sulfide) groups is 1. The Hall–Kier alpha value is -3.64. The third kappa shape index (κ3) is 7.48. The molecule has 3 aromatic rings. The second-order valence-electron chi connectivity index (χ2n) is 9.24. The SMILES string of the molecule is C=CCn1c(SCC(=O)Nc2sc(C(N)=O)c(C)c2C(=O)OC(C)C)nnc1C(C)Oc1cc(C)cc(C)c1. The van der Waals surface area contributed by atoms with Crippen molar-refractivity contribution in [2.75, 3.05) is 11.1 Å². The predicted octanol–water partition coefficient (Wildman–Crippen LogP) is 4.99. The minimum Gasteiger partial charge on any atom is -0.483 e. The molecule has 0 aliphatic carbocycles. The molecule has 2 heterocycles. The lowest BCUT2D eigenvalue weighted by Gasteiger charge is -2.16. The van der Waals surface area contributed by atoms with Crippen molar-refractivity contribution in [3.63, 3.8) is 0 Å². The van der Waals surface area contributed by atoms with Crippen LogP contribution in [0, 0.1) is 20.8 Å². The van der Waals surface area contributed by atoms with Crippen LogP contribution in [0.15, 0.2) is 36.0 Å². The molecule has 39 heavy (non-hydrogen) atoms. The van der Waals surface area contributed by atoms with E-state index in [1.54, 1.807) is 26.8 Å². The number of carbonyl (C=O) groups is 3. The van der Waals surface area contributed by atoms with Gasteiger partial charge < -0.3 is 20.5 Å². The third-order valence-electron chi connectivity index (χ3n) is 5.43. The summed E-state index contributed by atoms with van der Waals surface area (Å²) >= 11 is 2.12. The number of carbonyl (C=O) groups excluding carboxylic acids is 3. The number of benzene rings is 1. The number of amides is 2. The minimum atomic E-state index is -0.687. The Morgan fingerprint density at radius 1 is 1.15 bits per heavy atom. The average Bonchev–Trinajstić information content (AvgIpc) is 3.37. The number of ether oxygens (including phenoxy) is 2. The molecule has 0 aliphatic heterocycles. The highest BCUT2D eigenvalue weighted by Gasteiger charge is 2.27. The maximum Gasteiger partial charge on any atom is 0.341 e. The molecule has 1 aromatic carbocycles. The summed E-state index contributed by atoms with van der Waals surface area (Å²) in [6, 6.07) is 5.98. The van der Waals surface area contributed by atoms with Crippen molar-refractivity contribution in [1.82, 2.24) is 14.8 Å². The van der Waals surface area contributed by atoms with E-state index in [0.29, 0.717) is 23.1 Å². The van der Waals surface area contributed by atoms with Gasteiger partial charge in [-0.15, -0.1) is 28.1 Å². The molecule has 0 spiro atoms. The lowest BCUT2D eigenvalue weighted by Crippen LogP contribution is -2.18. The highest BCUT2D eigenvalue weighted by molar-refractivity contribution is 7.99. The van der Waals surface area contributed by atoms with Crippen LogP contribution in [-0.2, 0) is 16.1 Å². The van der Waals surface area contributed by atoms with Gasteiger partial charge in [-0.2, -0.15) is 0 Å².